The summed E-state index contributed by atoms with van der Waals surface area (Å²) < 4.78 is 36.5. The van der Waals surface area contributed by atoms with E-state index in [4.69, 9.17) is 10.8 Å². The molecule has 2 atom stereocenters. The second-order valence-electron chi connectivity index (χ2n) is 4.12. The Morgan fingerprint density at radius 1 is 1.55 bits per heavy atom. The zero-order valence-corrected chi connectivity index (χ0v) is 10.8. The quantitative estimate of drug-likeness (QED) is 0.431. The van der Waals surface area contributed by atoms with Gasteiger partial charge in [-0.25, -0.2) is 0 Å². The van der Waals surface area contributed by atoms with Gasteiger partial charge in [-0.15, -0.1) is 0 Å². The molecular formula is C11H17F3N4O2. The first-order valence-corrected chi connectivity index (χ1v) is 5.95. The second kappa shape index (κ2) is 6.73. The van der Waals surface area contributed by atoms with Gasteiger partial charge in [-0.05, 0) is 18.6 Å². The Bertz CT molecular complexity index is 420. The fraction of sp³-hybridized carbons (Fsp3) is 0.545. The first-order valence-electron chi connectivity index (χ1n) is 5.95. The number of halogens is 3. The number of hydrogen-bond donors (Lipinski definition) is 5. The highest BCUT2D eigenvalue weighted by Gasteiger charge is 2.39. The number of carbonyl (C=O) groups excluding carboxylic acids is 1. The van der Waals surface area contributed by atoms with Crippen molar-refractivity contribution >= 4 is 5.91 Å². The number of rotatable bonds is 5. The highest BCUT2D eigenvalue weighted by Crippen LogP contribution is 2.19. The predicted octanol–water partition coefficient (Wildman–Crippen LogP) is -0.709. The fourth-order valence-electron chi connectivity index (χ4n) is 1.50. The summed E-state index contributed by atoms with van der Waals surface area (Å²) in [5, 5.41) is 16.0. The van der Waals surface area contributed by atoms with E-state index >= 15 is 0 Å². The number of alkyl halides is 3. The Morgan fingerprint density at radius 2 is 2.20 bits per heavy atom. The van der Waals surface area contributed by atoms with E-state index in [9.17, 15) is 18.0 Å². The van der Waals surface area contributed by atoms with E-state index in [1.54, 1.807) is 6.92 Å². The largest absolute Gasteiger partial charge is 0.428 e. The third-order valence-electron chi connectivity index (χ3n) is 2.58. The summed E-state index contributed by atoms with van der Waals surface area (Å²) in [6, 6.07) is 0. The minimum Gasteiger partial charge on any atom is -0.377 e. The molecule has 0 aromatic heterocycles. The molecule has 0 aromatic carbocycles. The maximum Gasteiger partial charge on any atom is 0.428 e. The van der Waals surface area contributed by atoms with Gasteiger partial charge in [0.25, 0.3) is 5.91 Å². The molecule has 1 amide bonds. The Hall–Kier alpha value is -1.58. The molecule has 0 aliphatic carbocycles. The van der Waals surface area contributed by atoms with Crippen molar-refractivity contribution < 1.29 is 23.1 Å². The zero-order chi connectivity index (χ0) is 15.3. The molecular weight excluding hydrogens is 277 g/mol. The average molecular weight is 294 g/mol. The van der Waals surface area contributed by atoms with Crippen molar-refractivity contribution in [3.05, 3.63) is 23.4 Å². The molecule has 1 aliphatic heterocycles. The second-order valence-corrected chi connectivity index (χ2v) is 4.12. The summed E-state index contributed by atoms with van der Waals surface area (Å²) in [5.74, 6) is -0.306. The van der Waals surface area contributed by atoms with Gasteiger partial charge in [0.15, 0.2) is 0 Å². The van der Waals surface area contributed by atoms with Crippen LogP contribution in [0.1, 0.15) is 6.92 Å². The highest BCUT2D eigenvalue weighted by atomic mass is 19.4. The van der Waals surface area contributed by atoms with Crippen LogP contribution in [0.2, 0.25) is 0 Å². The molecule has 0 radical (unpaired) electrons. The van der Waals surface area contributed by atoms with Gasteiger partial charge < -0.3 is 21.5 Å². The van der Waals surface area contributed by atoms with E-state index in [0.717, 1.165) is 0 Å². The van der Waals surface area contributed by atoms with Gasteiger partial charge in [-0.1, -0.05) is 6.08 Å². The first kappa shape index (κ1) is 16.5. The van der Waals surface area contributed by atoms with Gasteiger partial charge in [0, 0.05) is 13.1 Å². The summed E-state index contributed by atoms with van der Waals surface area (Å²) in [7, 11) is 0. The van der Waals surface area contributed by atoms with Crippen LogP contribution in [0.3, 0.4) is 0 Å². The van der Waals surface area contributed by atoms with E-state index < -0.39 is 18.6 Å². The number of carbonyl (C=O) groups is 1. The Balaban J connectivity index is 2.63. The highest BCUT2D eigenvalue weighted by molar-refractivity contribution is 5.93. The molecule has 2 unspecified atom stereocenters. The molecule has 0 bridgehead atoms. The van der Waals surface area contributed by atoms with Crippen molar-refractivity contribution in [3.8, 4) is 0 Å². The number of allylic oxidation sites excluding steroid dienone is 2. The number of aliphatic hydroxyl groups is 1. The molecule has 1 heterocycles. The SMILES string of the molecule is CCNC(=O)C1=CC=C(C(N)NC(O)C(F)(F)F)CN1. The topological polar surface area (TPSA) is 99.4 Å². The van der Waals surface area contributed by atoms with E-state index in [-0.39, 0.29) is 12.5 Å². The summed E-state index contributed by atoms with van der Waals surface area (Å²) in [5.41, 5.74) is 6.21. The van der Waals surface area contributed by atoms with Crippen LogP contribution in [0, 0.1) is 0 Å². The van der Waals surface area contributed by atoms with E-state index in [1.165, 1.54) is 12.2 Å². The van der Waals surface area contributed by atoms with Gasteiger partial charge in [0.1, 0.15) is 5.70 Å². The molecule has 6 N–H and O–H groups in total. The fourth-order valence-corrected chi connectivity index (χ4v) is 1.50. The lowest BCUT2D eigenvalue weighted by Gasteiger charge is -2.25. The summed E-state index contributed by atoms with van der Waals surface area (Å²) in [4.78, 5) is 11.5. The average Bonchev–Trinajstić information content (AvgIpc) is 2.38. The third-order valence-corrected chi connectivity index (χ3v) is 2.58. The van der Waals surface area contributed by atoms with Crippen molar-refractivity contribution in [1.29, 1.82) is 0 Å². The van der Waals surface area contributed by atoms with E-state index in [1.807, 2.05) is 5.32 Å². The molecule has 1 aliphatic rings. The van der Waals surface area contributed by atoms with Gasteiger partial charge >= 0.3 is 6.18 Å². The van der Waals surface area contributed by atoms with Crippen LogP contribution in [-0.4, -0.2) is 42.7 Å². The lowest BCUT2D eigenvalue weighted by molar-refractivity contribution is -0.215. The molecule has 114 valence electrons. The van der Waals surface area contributed by atoms with E-state index in [2.05, 4.69) is 10.6 Å². The van der Waals surface area contributed by atoms with Crippen LogP contribution in [0.5, 0.6) is 0 Å². The number of aliphatic hydroxyl groups excluding tert-OH is 1. The Labute approximate surface area is 113 Å². The minimum atomic E-state index is -4.79. The van der Waals surface area contributed by atoms with Crippen LogP contribution in [-0.2, 0) is 4.79 Å². The lowest BCUT2D eigenvalue weighted by Crippen LogP contribution is -2.53. The summed E-state index contributed by atoms with van der Waals surface area (Å²) >= 11 is 0. The number of nitrogens with two attached hydrogens (primary N) is 1. The van der Waals surface area contributed by atoms with Gasteiger partial charge in [0.05, 0.1) is 6.17 Å². The molecule has 0 saturated carbocycles. The van der Waals surface area contributed by atoms with Gasteiger partial charge in [-0.3, -0.25) is 10.1 Å². The molecule has 0 spiro atoms. The molecule has 0 fully saturated rings. The standard InChI is InChI=1S/C11H17F3N4O2/c1-2-16-9(19)7-4-3-6(5-17-7)8(15)18-10(20)11(12,13)14/h3-4,8,10,17-18,20H,2,5,15H2,1H3,(H,16,19). The predicted molar refractivity (Wildman–Crippen MR) is 66.0 cm³/mol. The van der Waals surface area contributed by atoms with E-state index in [0.29, 0.717) is 17.8 Å². The number of amides is 1. The number of hydrogen-bond acceptors (Lipinski definition) is 5. The Morgan fingerprint density at radius 3 is 2.65 bits per heavy atom. The van der Waals surface area contributed by atoms with Gasteiger partial charge in [0.2, 0.25) is 6.23 Å². The van der Waals surface area contributed by atoms with Crippen molar-refractivity contribution in [2.75, 3.05) is 13.1 Å². The molecule has 1 rings (SSSR count). The maximum atomic E-state index is 12.2. The van der Waals surface area contributed by atoms with Crippen LogP contribution < -0.4 is 21.7 Å². The molecule has 9 heteroatoms. The number of dihydropyridines is 1. The normalized spacial score (nSPS) is 18.5. The van der Waals surface area contributed by atoms with Crippen molar-refractivity contribution in [2.45, 2.75) is 25.5 Å². The zero-order valence-electron chi connectivity index (χ0n) is 10.8. The molecule has 6 nitrogen and oxygen atoms in total. The van der Waals surface area contributed by atoms with Crippen LogP contribution in [0.4, 0.5) is 13.2 Å². The number of nitrogens with one attached hydrogen (secondary N) is 3. The monoisotopic (exact) mass is 294 g/mol. The van der Waals surface area contributed by atoms with Crippen LogP contribution >= 0.6 is 0 Å². The molecule has 20 heavy (non-hydrogen) atoms. The van der Waals surface area contributed by atoms with Gasteiger partial charge in [-0.2, -0.15) is 13.2 Å². The lowest BCUT2D eigenvalue weighted by atomic mass is 10.1. The number of likely N-dealkylation sites (N-methyl/N-ethyl adjacent to an activating group) is 1. The smallest absolute Gasteiger partial charge is 0.377 e. The minimum absolute atomic E-state index is 0.113. The van der Waals surface area contributed by atoms with Crippen LogP contribution in [0.15, 0.2) is 23.4 Å². The molecule has 0 saturated heterocycles. The molecule has 0 aromatic rings. The summed E-state index contributed by atoms with van der Waals surface area (Å²) in [6.07, 6.45) is -5.80. The first-order chi connectivity index (χ1) is 9.25. The maximum absolute atomic E-state index is 12.2. The van der Waals surface area contributed by atoms with Crippen molar-refractivity contribution in [1.82, 2.24) is 16.0 Å². The van der Waals surface area contributed by atoms with Crippen molar-refractivity contribution in [3.63, 3.8) is 0 Å². The van der Waals surface area contributed by atoms with Crippen molar-refractivity contribution in [2.24, 2.45) is 5.73 Å². The summed E-state index contributed by atoms with van der Waals surface area (Å²) in [6.45, 7) is 2.34. The Kier molecular flexibility index (Phi) is 5.54. The van der Waals surface area contributed by atoms with Crippen LogP contribution in [0.25, 0.3) is 0 Å². The third kappa shape index (κ3) is 4.51.